The maximum Gasteiger partial charge on any atom is 0.235 e. The van der Waals surface area contributed by atoms with E-state index in [0.29, 0.717) is 25.2 Å². The molecule has 0 aliphatic carbocycles. The molecule has 1 amide bonds. The molecule has 3 aromatic rings. The number of halogens is 2. The summed E-state index contributed by atoms with van der Waals surface area (Å²) in [5.41, 5.74) is 10.0. The Kier molecular flexibility index (Phi) is 7.58. The number of carbonyl (C=O) groups is 1. The number of rotatable bonds is 9. The minimum Gasteiger partial charge on any atom is -0.368 e. The van der Waals surface area contributed by atoms with Crippen molar-refractivity contribution in [3.05, 3.63) is 77.1 Å². The van der Waals surface area contributed by atoms with Gasteiger partial charge < -0.3 is 11.1 Å². The number of alkyl halides is 1. The molecule has 5 nitrogen and oxygen atoms in total. The Balaban J connectivity index is 1.69. The molecular formula is C24H26ClFN4O. The van der Waals surface area contributed by atoms with Crippen molar-refractivity contribution in [1.82, 2.24) is 10.2 Å². The molecule has 2 aromatic carbocycles. The number of carbonyl (C=O) groups excluding carboxylic acids is 1. The Morgan fingerprint density at radius 2 is 1.74 bits per heavy atom. The molecule has 0 radical (unpaired) electrons. The number of amides is 1. The molecule has 1 heterocycles. The van der Waals surface area contributed by atoms with E-state index in [1.807, 2.05) is 44.2 Å². The van der Waals surface area contributed by atoms with Gasteiger partial charge in [0.1, 0.15) is 11.2 Å². The standard InChI is InChI=1S/C24H26ClFN4O/c1-15-16(2)24(30-29-22(15)18-8-10-20(26)11-9-18)28-13-12-19(21(25)23(27)31)14-17-6-4-3-5-7-17/h3-11,19,21H,12-14H2,1-2H3,(H2,27,31)(H,28,30). The van der Waals surface area contributed by atoms with E-state index in [4.69, 9.17) is 17.3 Å². The van der Waals surface area contributed by atoms with E-state index >= 15 is 0 Å². The van der Waals surface area contributed by atoms with Crippen molar-refractivity contribution < 1.29 is 9.18 Å². The van der Waals surface area contributed by atoms with Crippen LogP contribution in [0.15, 0.2) is 54.6 Å². The fraction of sp³-hybridized carbons (Fsp3) is 0.292. The first kappa shape index (κ1) is 22.7. The SMILES string of the molecule is Cc1c(NCCC(Cc2ccccc2)C(Cl)C(N)=O)nnc(-c2ccc(F)cc2)c1C. The van der Waals surface area contributed by atoms with Crippen molar-refractivity contribution in [2.75, 3.05) is 11.9 Å². The summed E-state index contributed by atoms with van der Waals surface area (Å²) in [7, 11) is 0. The Morgan fingerprint density at radius 3 is 2.39 bits per heavy atom. The van der Waals surface area contributed by atoms with Gasteiger partial charge in [-0.25, -0.2) is 4.39 Å². The van der Waals surface area contributed by atoms with Gasteiger partial charge in [0.25, 0.3) is 0 Å². The predicted octanol–water partition coefficient (Wildman–Crippen LogP) is 4.65. The molecule has 1 aromatic heterocycles. The van der Waals surface area contributed by atoms with Crippen molar-refractivity contribution >= 4 is 23.3 Å². The van der Waals surface area contributed by atoms with Gasteiger partial charge in [-0.15, -0.1) is 21.8 Å². The lowest BCUT2D eigenvalue weighted by atomic mass is 9.92. The van der Waals surface area contributed by atoms with Crippen LogP contribution in [-0.2, 0) is 11.2 Å². The zero-order chi connectivity index (χ0) is 22.4. The van der Waals surface area contributed by atoms with Crippen molar-refractivity contribution in [3.63, 3.8) is 0 Å². The van der Waals surface area contributed by atoms with Crippen LogP contribution < -0.4 is 11.1 Å². The van der Waals surface area contributed by atoms with Gasteiger partial charge in [-0.05, 0) is 73.6 Å². The van der Waals surface area contributed by atoms with Crippen LogP contribution in [0.5, 0.6) is 0 Å². The number of hydrogen-bond acceptors (Lipinski definition) is 4. The van der Waals surface area contributed by atoms with E-state index < -0.39 is 11.3 Å². The maximum absolute atomic E-state index is 13.2. The molecule has 3 rings (SSSR count). The van der Waals surface area contributed by atoms with Crippen LogP contribution in [0.2, 0.25) is 0 Å². The van der Waals surface area contributed by atoms with Gasteiger partial charge >= 0.3 is 0 Å². The van der Waals surface area contributed by atoms with Crippen LogP contribution in [0.4, 0.5) is 10.2 Å². The molecule has 162 valence electrons. The minimum absolute atomic E-state index is 0.109. The summed E-state index contributed by atoms with van der Waals surface area (Å²) >= 11 is 6.31. The monoisotopic (exact) mass is 440 g/mol. The Labute approximate surface area is 186 Å². The van der Waals surface area contributed by atoms with Gasteiger partial charge in [0, 0.05) is 12.1 Å². The summed E-state index contributed by atoms with van der Waals surface area (Å²) in [5.74, 6) is -0.241. The normalized spacial score (nSPS) is 12.9. The second-order valence-corrected chi connectivity index (χ2v) is 8.09. The van der Waals surface area contributed by atoms with E-state index in [9.17, 15) is 9.18 Å². The largest absolute Gasteiger partial charge is 0.368 e. The highest BCUT2D eigenvalue weighted by Gasteiger charge is 2.24. The number of nitrogens with zero attached hydrogens (tertiary/aromatic N) is 2. The molecule has 2 unspecified atom stereocenters. The van der Waals surface area contributed by atoms with Crippen molar-refractivity contribution in [1.29, 1.82) is 0 Å². The molecule has 0 bridgehead atoms. The molecular weight excluding hydrogens is 415 g/mol. The number of aromatic nitrogens is 2. The number of benzene rings is 2. The van der Waals surface area contributed by atoms with Crippen LogP contribution >= 0.6 is 11.6 Å². The summed E-state index contributed by atoms with van der Waals surface area (Å²) < 4.78 is 13.2. The Morgan fingerprint density at radius 1 is 1.06 bits per heavy atom. The maximum atomic E-state index is 13.2. The van der Waals surface area contributed by atoms with Gasteiger partial charge in [0.05, 0.1) is 5.69 Å². The molecule has 7 heteroatoms. The van der Waals surface area contributed by atoms with Crippen LogP contribution in [0.3, 0.4) is 0 Å². The van der Waals surface area contributed by atoms with Gasteiger partial charge in [0.2, 0.25) is 5.91 Å². The Hall–Kier alpha value is -2.99. The second kappa shape index (κ2) is 10.4. The predicted molar refractivity (Wildman–Crippen MR) is 122 cm³/mol. The first-order valence-corrected chi connectivity index (χ1v) is 10.6. The van der Waals surface area contributed by atoms with Crippen LogP contribution in [-0.4, -0.2) is 28.0 Å². The molecule has 0 saturated carbocycles. The van der Waals surface area contributed by atoms with Crippen LogP contribution in [0, 0.1) is 25.6 Å². The average molecular weight is 441 g/mol. The fourth-order valence-electron chi connectivity index (χ4n) is 3.53. The van der Waals surface area contributed by atoms with E-state index in [2.05, 4.69) is 15.5 Å². The molecule has 0 saturated heterocycles. The number of primary amides is 1. The minimum atomic E-state index is -0.753. The van der Waals surface area contributed by atoms with Crippen LogP contribution in [0.25, 0.3) is 11.3 Å². The number of hydrogen-bond donors (Lipinski definition) is 2. The molecule has 0 aliphatic heterocycles. The summed E-state index contributed by atoms with van der Waals surface area (Å²) in [6, 6.07) is 16.1. The number of nitrogens with two attached hydrogens (primary N) is 1. The van der Waals surface area contributed by atoms with E-state index in [1.165, 1.54) is 12.1 Å². The second-order valence-electron chi connectivity index (χ2n) is 7.62. The third-order valence-electron chi connectivity index (χ3n) is 5.47. The molecule has 0 fully saturated rings. The topological polar surface area (TPSA) is 80.9 Å². The highest BCUT2D eigenvalue weighted by Crippen LogP contribution is 2.27. The third-order valence-corrected chi connectivity index (χ3v) is 6.05. The lowest BCUT2D eigenvalue weighted by molar-refractivity contribution is -0.118. The van der Waals surface area contributed by atoms with E-state index in [-0.39, 0.29) is 11.7 Å². The molecule has 2 atom stereocenters. The van der Waals surface area contributed by atoms with Crippen molar-refractivity contribution in [2.24, 2.45) is 11.7 Å². The number of nitrogens with one attached hydrogen (secondary N) is 1. The highest BCUT2D eigenvalue weighted by atomic mass is 35.5. The number of anilines is 1. The molecule has 0 aliphatic rings. The lowest BCUT2D eigenvalue weighted by Gasteiger charge is -2.21. The molecule has 0 spiro atoms. The molecule has 31 heavy (non-hydrogen) atoms. The quantitative estimate of drug-likeness (QED) is 0.474. The first-order valence-electron chi connectivity index (χ1n) is 10.2. The zero-order valence-corrected chi connectivity index (χ0v) is 18.4. The van der Waals surface area contributed by atoms with Gasteiger partial charge in [0.15, 0.2) is 5.82 Å². The van der Waals surface area contributed by atoms with Gasteiger partial charge in [-0.2, -0.15) is 0 Å². The summed E-state index contributed by atoms with van der Waals surface area (Å²) in [6.07, 6.45) is 1.30. The summed E-state index contributed by atoms with van der Waals surface area (Å²) in [5, 5.41) is 11.2. The van der Waals surface area contributed by atoms with Crippen LogP contribution in [0.1, 0.15) is 23.1 Å². The summed E-state index contributed by atoms with van der Waals surface area (Å²) in [4.78, 5) is 11.7. The lowest BCUT2D eigenvalue weighted by Crippen LogP contribution is -2.33. The third kappa shape index (κ3) is 5.79. The van der Waals surface area contributed by atoms with E-state index in [0.717, 1.165) is 27.9 Å². The Bertz CT molecular complexity index is 1030. The van der Waals surface area contributed by atoms with E-state index in [1.54, 1.807) is 12.1 Å². The summed E-state index contributed by atoms with van der Waals surface area (Å²) in [6.45, 7) is 4.50. The van der Waals surface area contributed by atoms with Gasteiger partial charge in [-0.3, -0.25) is 4.79 Å². The highest BCUT2D eigenvalue weighted by molar-refractivity contribution is 6.30. The van der Waals surface area contributed by atoms with Gasteiger partial charge in [-0.1, -0.05) is 30.3 Å². The van der Waals surface area contributed by atoms with Crippen molar-refractivity contribution in [2.45, 2.75) is 32.1 Å². The zero-order valence-electron chi connectivity index (χ0n) is 17.6. The fourth-order valence-corrected chi connectivity index (χ4v) is 3.75. The molecule has 3 N–H and O–H groups in total. The first-order chi connectivity index (χ1) is 14.9. The average Bonchev–Trinajstić information content (AvgIpc) is 2.77. The van der Waals surface area contributed by atoms with Crippen molar-refractivity contribution in [3.8, 4) is 11.3 Å². The smallest absolute Gasteiger partial charge is 0.235 e.